The van der Waals surface area contributed by atoms with E-state index in [1.165, 1.54) is 12.8 Å². The number of likely N-dealkylation sites (N-methyl/N-ethyl adjacent to an activating group) is 1. The van der Waals surface area contributed by atoms with Gasteiger partial charge in [-0.25, -0.2) is 0 Å². The minimum atomic E-state index is 0. The van der Waals surface area contributed by atoms with Crippen LogP contribution in [-0.4, -0.2) is 52.4 Å². The fraction of sp³-hybridized carbons (Fsp3) is 0.625. The van der Waals surface area contributed by atoms with Crippen LogP contribution in [0.2, 0.25) is 0 Å². The third-order valence-electron chi connectivity index (χ3n) is 4.11. The van der Waals surface area contributed by atoms with E-state index < -0.39 is 0 Å². The summed E-state index contributed by atoms with van der Waals surface area (Å²) < 4.78 is 16.3. The van der Waals surface area contributed by atoms with Crippen molar-refractivity contribution in [2.24, 2.45) is 0 Å². The standard InChI is InChI=1S/C16H26N2O3.ClH/c1-17-12-6-5-7-18(10-12)11-14-15(20-3)8-13(19-2)9-16(14)21-4;/h8-9,12,17H,5-7,10-11H2,1-4H3;1H. The maximum atomic E-state index is 5.52. The van der Waals surface area contributed by atoms with Gasteiger partial charge in [0.05, 0.1) is 26.9 Å². The fourth-order valence-corrected chi connectivity index (χ4v) is 2.89. The number of hydrogen-bond donors (Lipinski definition) is 1. The van der Waals surface area contributed by atoms with Gasteiger partial charge in [-0.1, -0.05) is 0 Å². The van der Waals surface area contributed by atoms with E-state index in [2.05, 4.69) is 10.2 Å². The molecule has 0 radical (unpaired) electrons. The zero-order chi connectivity index (χ0) is 15.2. The SMILES string of the molecule is CNC1CCCN(Cc2c(OC)cc(OC)cc2OC)C1.Cl. The van der Waals surface area contributed by atoms with E-state index in [-0.39, 0.29) is 12.4 Å². The van der Waals surface area contributed by atoms with E-state index in [0.717, 1.165) is 42.4 Å². The van der Waals surface area contributed by atoms with Crippen LogP contribution in [0.5, 0.6) is 17.2 Å². The quantitative estimate of drug-likeness (QED) is 0.867. The topological polar surface area (TPSA) is 43.0 Å². The highest BCUT2D eigenvalue weighted by molar-refractivity contribution is 5.85. The average Bonchev–Trinajstić information content (AvgIpc) is 2.55. The molecular formula is C16H27ClN2O3. The maximum absolute atomic E-state index is 5.52. The minimum Gasteiger partial charge on any atom is -0.496 e. The number of rotatable bonds is 6. The van der Waals surface area contributed by atoms with E-state index in [0.29, 0.717) is 6.04 Å². The molecule has 2 rings (SSSR count). The van der Waals surface area contributed by atoms with E-state index in [1.807, 2.05) is 19.2 Å². The zero-order valence-electron chi connectivity index (χ0n) is 13.8. The van der Waals surface area contributed by atoms with Crippen LogP contribution in [0.1, 0.15) is 18.4 Å². The molecule has 1 unspecified atom stereocenters. The van der Waals surface area contributed by atoms with Crippen molar-refractivity contribution in [3.63, 3.8) is 0 Å². The van der Waals surface area contributed by atoms with E-state index in [9.17, 15) is 0 Å². The first-order valence-electron chi connectivity index (χ1n) is 7.40. The Morgan fingerprint density at radius 3 is 2.27 bits per heavy atom. The van der Waals surface area contributed by atoms with Crippen molar-refractivity contribution in [1.82, 2.24) is 10.2 Å². The highest BCUT2D eigenvalue weighted by atomic mass is 35.5. The summed E-state index contributed by atoms with van der Waals surface area (Å²) in [5.41, 5.74) is 1.08. The summed E-state index contributed by atoms with van der Waals surface area (Å²) in [4.78, 5) is 2.44. The van der Waals surface area contributed by atoms with Gasteiger partial charge in [0.2, 0.25) is 0 Å². The largest absolute Gasteiger partial charge is 0.496 e. The van der Waals surface area contributed by atoms with Crippen LogP contribution >= 0.6 is 12.4 Å². The molecule has 5 nitrogen and oxygen atoms in total. The van der Waals surface area contributed by atoms with Crippen molar-refractivity contribution in [1.29, 1.82) is 0 Å². The molecule has 1 aliphatic rings. The zero-order valence-corrected chi connectivity index (χ0v) is 14.7. The molecule has 1 fully saturated rings. The molecular weight excluding hydrogens is 304 g/mol. The first kappa shape index (κ1) is 18.9. The van der Waals surface area contributed by atoms with Gasteiger partial charge in [0.15, 0.2) is 0 Å². The van der Waals surface area contributed by atoms with Gasteiger partial charge in [-0.2, -0.15) is 0 Å². The van der Waals surface area contributed by atoms with Crippen molar-refractivity contribution < 1.29 is 14.2 Å². The molecule has 1 heterocycles. The Balaban J connectivity index is 0.00000242. The smallest absolute Gasteiger partial charge is 0.130 e. The Morgan fingerprint density at radius 1 is 1.14 bits per heavy atom. The number of methoxy groups -OCH3 is 3. The normalized spacial score (nSPS) is 18.5. The second-order valence-electron chi connectivity index (χ2n) is 5.37. The molecule has 6 heteroatoms. The molecule has 0 amide bonds. The van der Waals surface area contributed by atoms with E-state index in [1.54, 1.807) is 21.3 Å². The van der Waals surface area contributed by atoms with Crippen molar-refractivity contribution >= 4 is 12.4 Å². The van der Waals surface area contributed by atoms with Crippen LogP contribution in [0.25, 0.3) is 0 Å². The summed E-state index contributed by atoms with van der Waals surface area (Å²) in [6.45, 7) is 2.99. The van der Waals surface area contributed by atoms with E-state index in [4.69, 9.17) is 14.2 Å². The number of nitrogens with zero attached hydrogens (tertiary/aromatic N) is 1. The van der Waals surface area contributed by atoms with Crippen LogP contribution in [0.3, 0.4) is 0 Å². The lowest BCUT2D eigenvalue weighted by Gasteiger charge is -2.33. The predicted octanol–water partition coefficient (Wildman–Crippen LogP) is 2.32. The number of piperidine rings is 1. The molecule has 126 valence electrons. The second kappa shape index (κ2) is 9.08. The van der Waals surface area contributed by atoms with Crippen molar-refractivity contribution in [3.8, 4) is 17.2 Å². The van der Waals surface area contributed by atoms with Crippen LogP contribution < -0.4 is 19.5 Å². The van der Waals surface area contributed by atoms with Crippen LogP contribution in [0.15, 0.2) is 12.1 Å². The molecule has 22 heavy (non-hydrogen) atoms. The molecule has 0 aliphatic carbocycles. The van der Waals surface area contributed by atoms with Crippen LogP contribution in [-0.2, 0) is 6.54 Å². The molecule has 1 saturated heterocycles. The first-order valence-corrected chi connectivity index (χ1v) is 7.40. The molecule has 1 atom stereocenters. The van der Waals surface area contributed by atoms with Crippen molar-refractivity contribution in [3.05, 3.63) is 17.7 Å². The van der Waals surface area contributed by atoms with Gasteiger partial charge in [-0.15, -0.1) is 12.4 Å². The van der Waals surface area contributed by atoms with Crippen molar-refractivity contribution in [2.75, 3.05) is 41.5 Å². The Hall–Kier alpha value is -1.17. The number of ether oxygens (including phenoxy) is 3. The van der Waals surface area contributed by atoms with Gasteiger partial charge in [0.25, 0.3) is 0 Å². The first-order chi connectivity index (χ1) is 10.2. The van der Waals surface area contributed by atoms with Gasteiger partial charge in [-0.05, 0) is 26.4 Å². The molecule has 0 spiro atoms. The second-order valence-corrected chi connectivity index (χ2v) is 5.37. The highest BCUT2D eigenvalue weighted by Gasteiger charge is 2.22. The molecule has 0 bridgehead atoms. The molecule has 1 aliphatic heterocycles. The van der Waals surface area contributed by atoms with Crippen molar-refractivity contribution in [2.45, 2.75) is 25.4 Å². The average molecular weight is 331 g/mol. The highest BCUT2D eigenvalue weighted by Crippen LogP contribution is 2.35. The summed E-state index contributed by atoms with van der Waals surface area (Å²) >= 11 is 0. The fourth-order valence-electron chi connectivity index (χ4n) is 2.89. The molecule has 1 aromatic carbocycles. The third kappa shape index (κ3) is 4.41. The minimum absolute atomic E-state index is 0. The van der Waals surface area contributed by atoms with Gasteiger partial charge >= 0.3 is 0 Å². The van der Waals surface area contributed by atoms with Crippen LogP contribution in [0.4, 0.5) is 0 Å². The summed E-state index contributed by atoms with van der Waals surface area (Å²) in [5.74, 6) is 2.38. The molecule has 1 aromatic rings. The number of nitrogens with one attached hydrogen (secondary N) is 1. The summed E-state index contributed by atoms with van der Waals surface area (Å²) in [5, 5.41) is 3.37. The van der Waals surface area contributed by atoms with Gasteiger partial charge in [0, 0.05) is 31.3 Å². The summed E-state index contributed by atoms with van der Waals surface area (Å²) in [7, 11) is 7.05. The Kier molecular flexibility index (Phi) is 7.79. The predicted molar refractivity (Wildman–Crippen MR) is 90.7 cm³/mol. The number of halogens is 1. The van der Waals surface area contributed by atoms with Gasteiger partial charge in [-0.3, -0.25) is 4.90 Å². The Labute approximate surface area is 139 Å². The Morgan fingerprint density at radius 2 is 1.77 bits per heavy atom. The lowest BCUT2D eigenvalue weighted by molar-refractivity contribution is 0.184. The van der Waals surface area contributed by atoms with E-state index >= 15 is 0 Å². The number of likely N-dealkylation sites (tertiary alicyclic amines) is 1. The lowest BCUT2D eigenvalue weighted by Crippen LogP contribution is -2.43. The van der Waals surface area contributed by atoms with Gasteiger partial charge in [0.1, 0.15) is 17.2 Å². The number of benzene rings is 1. The maximum Gasteiger partial charge on any atom is 0.130 e. The van der Waals surface area contributed by atoms with Crippen LogP contribution in [0, 0.1) is 0 Å². The van der Waals surface area contributed by atoms with Gasteiger partial charge < -0.3 is 19.5 Å². The third-order valence-corrected chi connectivity index (χ3v) is 4.11. The lowest BCUT2D eigenvalue weighted by atomic mass is 10.0. The molecule has 0 aromatic heterocycles. The Bertz CT molecular complexity index is 446. The number of hydrogen-bond acceptors (Lipinski definition) is 5. The summed E-state index contributed by atoms with van der Waals surface area (Å²) in [6.07, 6.45) is 2.45. The monoisotopic (exact) mass is 330 g/mol. The summed E-state index contributed by atoms with van der Waals surface area (Å²) in [6, 6.07) is 4.39. The molecule has 1 N–H and O–H groups in total. The molecule has 0 saturated carbocycles.